The van der Waals surface area contributed by atoms with Crippen LogP contribution in [0.15, 0.2) is 11.6 Å². The zero-order chi connectivity index (χ0) is 24.2. The van der Waals surface area contributed by atoms with Crippen LogP contribution >= 0.6 is 0 Å². The van der Waals surface area contributed by atoms with Gasteiger partial charge in [-0.25, -0.2) is 0 Å². The number of carbonyl (C=O) groups is 1. The van der Waals surface area contributed by atoms with Gasteiger partial charge in [0.25, 0.3) is 0 Å². The summed E-state index contributed by atoms with van der Waals surface area (Å²) in [5, 5.41) is 21.4. The van der Waals surface area contributed by atoms with E-state index in [-0.39, 0.29) is 33.7 Å². The van der Waals surface area contributed by atoms with E-state index in [0.717, 1.165) is 44.9 Å². The maximum Gasteiger partial charge on any atom is 0.310 e. The van der Waals surface area contributed by atoms with Crippen LogP contribution in [0.4, 0.5) is 0 Å². The Bertz CT molecular complexity index is 874. The van der Waals surface area contributed by atoms with E-state index in [1.165, 1.54) is 18.4 Å². The summed E-state index contributed by atoms with van der Waals surface area (Å²) in [6.07, 6.45) is 11.6. The highest BCUT2D eigenvalue weighted by molar-refractivity contribution is 5.76. The first-order chi connectivity index (χ1) is 15.3. The molecule has 4 fully saturated rings. The van der Waals surface area contributed by atoms with Crippen LogP contribution < -0.4 is 0 Å². The van der Waals surface area contributed by atoms with Crippen molar-refractivity contribution in [3.05, 3.63) is 11.6 Å². The van der Waals surface area contributed by atoms with Crippen molar-refractivity contribution in [1.29, 1.82) is 0 Å². The topological polar surface area (TPSA) is 57.5 Å². The number of hydrogen-bond acceptors (Lipinski definition) is 2. The zero-order valence-corrected chi connectivity index (χ0v) is 22.2. The minimum atomic E-state index is -0.557. The molecule has 0 aliphatic heterocycles. The Kier molecular flexibility index (Phi) is 5.15. The smallest absolute Gasteiger partial charge is 0.310 e. The van der Waals surface area contributed by atoms with Gasteiger partial charge in [0.1, 0.15) is 0 Å². The molecule has 5 aliphatic rings. The van der Waals surface area contributed by atoms with E-state index in [2.05, 4.69) is 54.5 Å². The molecule has 0 amide bonds. The molecule has 10 atom stereocenters. The molecule has 0 aromatic heterocycles. The SMILES string of the molecule is CC1C2C3=CCC4C5(C)CCC(O)C(C)(C)C5CCC4(C)[C@]3(C)CCC2(C(=O)O)CC[C@H]1C. The minimum Gasteiger partial charge on any atom is -0.481 e. The van der Waals surface area contributed by atoms with E-state index in [4.69, 9.17) is 0 Å². The number of aliphatic hydroxyl groups is 1. The van der Waals surface area contributed by atoms with Crippen molar-refractivity contribution in [2.45, 2.75) is 112 Å². The van der Waals surface area contributed by atoms with Gasteiger partial charge < -0.3 is 10.2 Å². The zero-order valence-electron chi connectivity index (χ0n) is 22.2. The number of aliphatic carboxylic acids is 1. The summed E-state index contributed by atoms with van der Waals surface area (Å²) < 4.78 is 0. The van der Waals surface area contributed by atoms with Gasteiger partial charge in [-0.15, -0.1) is 0 Å². The Morgan fingerprint density at radius 1 is 0.909 bits per heavy atom. The molecule has 2 N–H and O–H groups in total. The fourth-order valence-electron chi connectivity index (χ4n) is 10.8. The van der Waals surface area contributed by atoms with Crippen LogP contribution in [0, 0.1) is 56.7 Å². The van der Waals surface area contributed by atoms with Crippen molar-refractivity contribution in [2.75, 3.05) is 0 Å². The van der Waals surface area contributed by atoms with Crippen LogP contribution in [0.25, 0.3) is 0 Å². The predicted molar refractivity (Wildman–Crippen MR) is 133 cm³/mol. The average Bonchev–Trinajstić information content (AvgIpc) is 2.74. The van der Waals surface area contributed by atoms with Crippen molar-refractivity contribution in [1.82, 2.24) is 0 Å². The van der Waals surface area contributed by atoms with Gasteiger partial charge in [-0.3, -0.25) is 4.79 Å². The molecule has 3 nitrogen and oxygen atoms in total. The molecule has 0 saturated heterocycles. The van der Waals surface area contributed by atoms with E-state index in [1.807, 2.05) is 0 Å². The summed E-state index contributed by atoms with van der Waals surface area (Å²) in [6.45, 7) is 17.0. The first-order valence-corrected chi connectivity index (χ1v) is 13.9. The number of carboxylic acid groups (broad SMARTS) is 1. The van der Waals surface area contributed by atoms with E-state index in [1.54, 1.807) is 0 Å². The van der Waals surface area contributed by atoms with Crippen molar-refractivity contribution in [2.24, 2.45) is 56.7 Å². The second-order valence-electron chi connectivity index (χ2n) is 14.5. The third-order valence-corrected chi connectivity index (χ3v) is 13.4. The van der Waals surface area contributed by atoms with Crippen molar-refractivity contribution in [3.63, 3.8) is 0 Å². The Morgan fingerprint density at radius 2 is 1.61 bits per heavy atom. The molecule has 0 bridgehead atoms. The van der Waals surface area contributed by atoms with Gasteiger partial charge in [-0.1, -0.05) is 60.1 Å². The molecule has 0 radical (unpaired) electrons. The van der Waals surface area contributed by atoms with Gasteiger partial charge >= 0.3 is 5.97 Å². The largest absolute Gasteiger partial charge is 0.481 e. The van der Waals surface area contributed by atoms with Gasteiger partial charge in [0.2, 0.25) is 0 Å². The van der Waals surface area contributed by atoms with Crippen LogP contribution in [0.3, 0.4) is 0 Å². The molecule has 8 unspecified atom stereocenters. The Morgan fingerprint density at radius 3 is 2.27 bits per heavy atom. The van der Waals surface area contributed by atoms with Crippen molar-refractivity contribution in [3.8, 4) is 0 Å². The fraction of sp³-hybridized carbons (Fsp3) is 0.900. The summed E-state index contributed by atoms with van der Waals surface area (Å²) in [4.78, 5) is 12.8. The molecule has 33 heavy (non-hydrogen) atoms. The van der Waals surface area contributed by atoms with Crippen LogP contribution in [0.5, 0.6) is 0 Å². The molecular weight excluding hydrogens is 408 g/mol. The van der Waals surface area contributed by atoms with Crippen LogP contribution in [-0.2, 0) is 4.79 Å². The first kappa shape index (κ1) is 23.9. The molecule has 186 valence electrons. The van der Waals surface area contributed by atoms with Gasteiger partial charge in [-0.2, -0.15) is 0 Å². The molecule has 4 saturated carbocycles. The summed E-state index contributed by atoms with van der Waals surface area (Å²) >= 11 is 0. The number of hydrogen-bond donors (Lipinski definition) is 2. The Balaban J connectivity index is 1.61. The van der Waals surface area contributed by atoms with Gasteiger partial charge in [0.15, 0.2) is 0 Å². The van der Waals surface area contributed by atoms with E-state index in [0.29, 0.717) is 23.7 Å². The molecule has 0 aromatic rings. The lowest BCUT2D eigenvalue weighted by Crippen LogP contribution is -2.65. The highest BCUT2D eigenvalue weighted by Crippen LogP contribution is 2.75. The summed E-state index contributed by atoms with van der Waals surface area (Å²) in [5.74, 6) is 1.82. The van der Waals surface area contributed by atoms with E-state index < -0.39 is 11.4 Å². The second-order valence-corrected chi connectivity index (χ2v) is 14.5. The molecule has 0 aromatic carbocycles. The minimum absolute atomic E-state index is 0.0302. The standard InChI is InChI=1S/C30H48O3/c1-18-10-15-30(25(32)33)17-16-28(6)20(24(30)19(18)2)8-9-22-27(5)13-12-23(31)26(3,4)21(27)11-14-29(22,28)7/h8,18-19,21-24,31H,9-17H2,1-7H3,(H,32,33)/t18-,19?,21?,22?,23?,24?,27?,28-,29?,30?/m1/s1. The maximum atomic E-state index is 12.8. The lowest BCUT2D eigenvalue weighted by molar-refractivity contribution is -0.206. The molecule has 5 aliphatic carbocycles. The third kappa shape index (κ3) is 2.75. The Labute approximate surface area is 201 Å². The molecule has 0 heterocycles. The van der Waals surface area contributed by atoms with Gasteiger partial charge in [-0.05, 0) is 109 Å². The third-order valence-electron chi connectivity index (χ3n) is 13.4. The lowest BCUT2D eigenvalue weighted by Gasteiger charge is -2.71. The number of fused-ring (bicyclic) bond motifs is 7. The Hall–Kier alpha value is -0.830. The van der Waals surface area contributed by atoms with Crippen molar-refractivity contribution < 1.29 is 15.0 Å². The first-order valence-electron chi connectivity index (χ1n) is 13.9. The number of carboxylic acids is 1. The second kappa shape index (κ2) is 7.11. The van der Waals surface area contributed by atoms with E-state index in [9.17, 15) is 15.0 Å². The summed E-state index contributed by atoms with van der Waals surface area (Å²) in [5.41, 5.74) is 1.46. The molecule has 5 rings (SSSR count). The predicted octanol–water partition coefficient (Wildman–Crippen LogP) is 7.09. The average molecular weight is 457 g/mol. The highest BCUT2D eigenvalue weighted by atomic mass is 16.4. The summed E-state index contributed by atoms with van der Waals surface area (Å²) in [6, 6.07) is 0. The van der Waals surface area contributed by atoms with Crippen molar-refractivity contribution >= 4 is 5.97 Å². The normalized spacial score (nSPS) is 55.3. The van der Waals surface area contributed by atoms with E-state index >= 15 is 0 Å². The number of aliphatic hydroxyl groups excluding tert-OH is 1. The highest BCUT2D eigenvalue weighted by Gasteiger charge is 2.69. The fourth-order valence-corrected chi connectivity index (χ4v) is 10.8. The lowest BCUT2D eigenvalue weighted by atomic mass is 9.33. The number of allylic oxidation sites excluding steroid dienone is 2. The van der Waals surface area contributed by atoms with Crippen LogP contribution in [0.2, 0.25) is 0 Å². The molecule has 3 heteroatoms. The molecule has 0 spiro atoms. The molecular formula is C30H48O3. The van der Waals surface area contributed by atoms with Crippen LogP contribution in [-0.4, -0.2) is 22.3 Å². The number of rotatable bonds is 1. The van der Waals surface area contributed by atoms with Gasteiger partial charge in [0, 0.05) is 0 Å². The summed E-state index contributed by atoms with van der Waals surface area (Å²) in [7, 11) is 0. The quantitative estimate of drug-likeness (QED) is 0.414. The van der Waals surface area contributed by atoms with Crippen LogP contribution in [0.1, 0.15) is 106 Å². The maximum absolute atomic E-state index is 12.8. The monoisotopic (exact) mass is 456 g/mol. The van der Waals surface area contributed by atoms with Gasteiger partial charge in [0.05, 0.1) is 11.5 Å².